The predicted molar refractivity (Wildman–Crippen MR) is 130 cm³/mol. The molecule has 34 heavy (non-hydrogen) atoms. The smallest absolute Gasteiger partial charge is 0.159 e. The number of fused-ring (bicyclic) bond motifs is 5. The molecule has 0 amide bonds. The zero-order valence-corrected chi connectivity index (χ0v) is 21.6. The lowest BCUT2D eigenvalue weighted by atomic mass is 9.46. The molecule has 0 bridgehead atoms. The van der Waals surface area contributed by atoms with Crippen LogP contribution in [0.4, 0.5) is 0 Å². The zero-order valence-electron chi connectivity index (χ0n) is 21.6. The number of hydrogen-bond acceptors (Lipinski definition) is 7. The van der Waals surface area contributed by atoms with E-state index in [1.165, 1.54) is 0 Å². The van der Waals surface area contributed by atoms with E-state index in [4.69, 9.17) is 0 Å². The molecule has 3 saturated carbocycles. The molecule has 7 unspecified atom stereocenters. The van der Waals surface area contributed by atoms with Crippen molar-refractivity contribution in [3.05, 3.63) is 11.6 Å². The van der Waals surface area contributed by atoms with Crippen molar-refractivity contribution in [1.29, 1.82) is 0 Å². The van der Waals surface area contributed by atoms with Crippen LogP contribution in [0, 0.1) is 28.6 Å². The van der Waals surface area contributed by atoms with Gasteiger partial charge in [0, 0.05) is 17.3 Å². The van der Waals surface area contributed by atoms with Crippen LogP contribution in [0.1, 0.15) is 58.8 Å². The molecule has 4 rings (SSSR count). The fourth-order valence-electron chi connectivity index (χ4n) is 8.00. The van der Waals surface area contributed by atoms with Gasteiger partial charge in [-0.3, -0.25) is 14.5 Å². The molecular weight excluding hydrogens is 432 g/mol. The van der Waals surface area contributed by atoms with Gasteiger partial charge in [-0.25, -0.2) is 0 Å². The maximum atomic E-state index is 13.4. The molecule has 8 atom stereocenters. The Kier molecular flexibility index (Phi) is 6.93. The van der Waals surface area contributed by atoms with Crippen LogP contribution in [0.2, 0.25) is 0 Å². The molecule has 0 aromatic heterocycles. The van der Waals surface area contributed by atoms with Crippen molar-refractivity contribution >= 4 is 11.6 Å². The molecular formula is C27H44N2O5. The summed E-state index contributed by atoms with van der Waals surface area (Å²) >= 11 is 0. The Bertz CT molecular complexity index is 858. The van der Waals surface area contributed by atoms with E-state index in [2.05, 4.69) is 16.7 Å². The van der Waals surface area contributed by atoms with E-state index in [9.17, 15) is 24.9 Å². The molecule has 3 N–H and O–H groups in total. The molecule has 7 heteroatoms. The number of nitrogens with zero attached hydrogens (tertiary/aromatic N) is 2. The third-order valence-corrected chi connectivity index (χ3v) is 10.1. The highest BCUT2D eigenvalue weighted by Crippen LogP contribution is 2.67. The average Bonchev–Trinajstić information content (AvgIpc) is 3.01. The van der Waals surface area contributed by atoms with E-state index in [1.807, 2.05) is 28.1 Å². The molecule has 3 fully saturated rings. The third kappa shape index (κ3) is 4.01. The summed E-state index contributed by atoms with van der Waals surface area (Å²) in [5.41, 5.74) is -1.47. The van der Waals surface area contributed by atoms with Gasteiger partial charge >= 0.3 is 0 Å². The van der Waals surface area contributed by atoms with Crippen molar-refractivity contribution in [2.45, 2.75) is 76.6 Å². The minimum atomic E-state index is -1.18. The molecule has 0 aromatic carbocycles. The Balaban J connectivity index is 1.55. The molecule has 0 aromatic rings. The lowest BCUT2D eigenvalue weighted by Crippen LogP contribution is -2.61. The fraction of sp³-hybridized carbons (Fsp3) is 0.852. The first-order chi connectivity index (χ1) is 15.8. The van der Waals surface area contributed by atoms with Crippen LogP contribution >= 0.6 is 0 Å². The maximum absolute atomic E-state index is 13.4. The summed E-state index contributed by atoms with van der Waals surface area (Å²) in [7, 11) is 6.08. The van der Waals surface area contributed by atoms with Gasteiger partial charge in [0.2, 0.25) is 0 Å². The number of likely N-dealkylation sites (N-methyl/N-ethyl adjacent to an activating group) is 1. The summed E-state index contributed by atoms with van der Waals surface area (Å²) in [4.78, 5) is 30.9. The molecule has 192 valence electrons. The number of hydrogen-bond donors (Lipinski definition) is 3. The monoisotopic (exact) mass is 476 g/mol. The maximum Gasteiger partial charge on any atom is 0.159 e. The highest BCUT2D eigenvalue weighted by Gasteiger charge is 2.67. The summed E-state index contributed by atoms with van der Waals surface area (Å²) in [6.07, 6.45) is 4.20. The molecule has 0 heterocycles. The first-order valence-electron chi connectivity index (χ1n) is 13.0. The van der Waals surface area contributed by atoms with Gasteiger partial charge < -0.3 is 20.2 Å². The van der Waals surface area contributed by atoms with Gasteiger partial charge in [-0.15, -0.1) is 0 Å². The fourth-order valence-corrected chi connectivity index (χ4v) is 8.00. The number of carbonyl (C=O) groups is 2. The Labute approximate surface area is 204 Å². The Morgan fingerprint density at radius 3 is 2.44 bits per heavy atom. The second-order valence-electron chi connectivity index (χ2n) is 12.5. The van der Waals surface area contributed by atoms with Crippen LogP contribution in [0.25, 0.3) is 0 Å². The van der Waals surface area contributed by atoms with Gasteiger partial charge in [0.25, 0.3) is 0 Å². The minimum Gasteiger partial charge on any atom is -0.390 e. The summed E-state index contributed by atoms with van der Waals surface area (Å²) in [5.74, 6) is -0.435. The second kappa shape index (κ2) is 9.07. The van der Waals surface area contributed by atoms with Gasteiger partial charge in [-0.2, -0.15) is 0 Å². The van der Waals surface area contributed by atoms with Gasteiger partial charge in [-0.1, -0.05) is 13.8 Å². The highest BCUT2D eigenvalue weighted by atomic mass is 16.3. The van der Waals surface area contributed by atoms with E-state index in [1.54, 1.807) is 6.08 Å². The van der Waals surface area contributed by atoms with Gasteiger partial charge in [-0.05, 0) is 102 Å². The summed E-state index contributed by atoms with van der Waals surface area (Å²) in [6, 6.07) is 0. The molecule has 4 aliphatic rings. The second-order valence-corrected chi connectivity index (χ2v) is 12.5. The van der Waals surface area contributed by atoms with E-state index >= 15 is 0 Å². The van der Waals surface area contributed by atoms with E-state index in [0.717, 1.165) is 37.9 Å². The average molecular weight is 477 g/mol. The first-order valence-corrected chi connectivity index (χ1v) is 13.0. The standard InChI is InChI=1S/C27H44N2O5/c1-25-15-23(32)22(31)14-20(25)21(30)13-19-17(25)7-9-26(2)18(8-10-27(19,26)34)24(33)16-29(5)12-6-11-28(3)4/h13,17-18,20,22-23,31-32,34H,6-12,14-16H2,1-5H3/t17?,18?,20?,22?,23?,25?,26?,27-/m1/s1. The van der Waals surface area contributed by atoms with Crippen molar-refractivity contribution < 1.29 is 24.9 Å². The van der Waals surface area contributed by atoms with E-state index in [0.29, 0.717) is 25.8 Å². The number of Topliss-reactive ketones (excluding diaryl/α,β-unsaturated/α-hetero) is 1. The van der Waals surface area contributed by atoms with Crippen LogP contribution in [0.5, 0.6) is 0 Å². The number of aliphatic hydroxyl groups excluding tert-OH is 2. The minimum absolute atomic E-state index is 0.0158. The van der Waals surface area contributed by atoms with Crippen LogP contribution in [-0.4, -0.2) is 95.3 Å². The van der Waals surface area contributed by atoms with Crippen molar-refractivity contribution in [2.75, 3.05) is 40.8 Å². The highest BCUT2D eigenvalue weighted by molar-refractivity contribution is 5.95. The predicted octanol–water partition coefficient (Wildman–Crippen LogP) is 1.64. The number of rotatable bonds is 7. The quantitative estimate of drug-likeness (QED) is 0.514. The summed E-state index contributed by atoms with van der Waals surface area (Å²) < 4.78 is 0. The topological polar surface area (TPSA) is 101 Å². The van der Waals surface area contributed by atoms with Crippen molar-refractivity contribution in [1.82, 2.24) is 9.80 Å². The van der Waals surface area contributed by atoms with Crippen molar-refractivity contribution in [3.63, 3.8) is 0 Å². The van der Waals surface area contributed by atoms with Gasteiger partial charge in [0.1, 0.15) is 0 Å². The Morgan fingerprint density at radius 2 is 1.76 bits per heavy atom. The number of ketones is 2. The number of allylic oxidation sites excluding steroid dienone is 1. The van der Waals surface area contributed by atoms with Crippen LogP contribution in [-0.2, 0) is 9.59 Å². The number of carbonyl (C=O) groups excluding carboxylic acids is 2. The van der Waals surface area contributed by atoms with Gasteiger partial charge in [0.05, 0.1) is 24.4 Å². The molecule has 4 aliphatic carbocycles. The third-order valence-electron chi connectivity index (χ3n) is 10.1. The Morgan fingerprint density at radius 1 is 1.06 bits per heavy atom. The van der Waals surface area contributed by atoms with Gasteiger partial charge in [0.15, 0.2) is 11.6 Å². The normalized spacial score (nSPS) is 44.0. The van der Waals surface area contributed by atoms with E-state index in [-0.39, 0.29) is 35.7 Å². The molecule has 0 saturated heterocycles. The van der Waals surface area contributed by atoms with Crippen molar-refractivity contribution in [3.8, 4) is 0 Å². The van der Waals surface area contributed by atoms with Crippen LogP contribution < -0.4 is 0 Å². The lowest BCUT2D eigenvalue weighted by molar-refractivity contribution is -0.154. The molecule has 0 radical (unpaired) electrons. The zero-order chi connectivity index (χ0) is 25.1. The lowest BCUT2D eigenvalue weighted by Gasteiger charge is -2.59. The summed E-state index contributed by atoms with van der Waals surface area (Å²) in [6.45, 7) is 6.31. The SMILES string of the molecule is CN(C)CCCN(C)CC(=O)C1CC[C@@]2(O)C3=CC(=O)C4CC(O)C(O)CC4(C)C3CCC12C. The molecule has 0 aliphatic heterocycles. The van der Waals surface area contributed by atoms with Crippen LogP contribution in [0.15, 0.2) is 11.6 Å². The molecule has 7 nitrogen and oxygen atoms in total. The molecule has 0 spiro atoms. The summed E-state index contributed by atoms with van der Waals surface area (Å²) in [5, 5.41) is 32.8. The van der Waals surface area contributed by atoms with Crippen LogP contribution in [0.3, 0.4) is 0 Å². The Hall–Kier alpha value is -1.12. The van der Waals surface area contributed by atoms with Crippen molar-refractivity contribution in [2.24, 2.45) is 28.6 Å². The first kappa shape index (κ1) is 26.0. The number of aliphatic hydroxyl groups is 3. The largest absolute Gasteiger partial charge is 0.390 e. The van der Waals surface area contributed by atoms with E-state index < -0.39 is 28.6 Å².